The first-order valence-electron chi connectivity index (χ1n) is 6.10. The van der Waals surface area contributed by atoms with Crippen LogP contribution in [0.1, 0.15) is 26.3 Å². The molecule has 0 bridgehead atoms. The van der Waals surface area contributed by atoms with E-state index >= 15 is 0 Å². The molecule has 0 unspecified atom stereocenters. The summed E-state index contributed by atoms with van der Waals surface area (Å²) in [4.78, 5) is 23.6. The van der Waals surface area contributed by atoms with Crippen LogP contribution in [0.25, 0.3) is 0 Å². The topological polar surface area (TPSA) is 58.2 Å². The third kappa shape index (κ3) is 3.88. The van der Waals surface area contributed by atoms with Crippen LogP contribution in [0.5, 0.6) is 0 Å². The Morgan fingerprint density at radius 2 is 1.62 bits per heavy atom. The largest absolute Gasteiger partial charge is 0.272 e. The Balaban J connectivity index is 2.00. The average Bonchev–Trinajstić information content (AvgIpc) is 2.45. The Bertz CT molecular complexity index is 687. The molecule has 0 saturated heterocycles. The zero-order chi connectivity index (χ0) is 15.4. The maximum absolute atomic E-state index is 13.6. The highest BCUT2D eigenvalue weighted by atomic mass is 79.9. The molecule has 0 fully saturated rings. The van der Waals surface area contributed by atoms with Crippen LogP contribution in [0.15, 0.2) is 46.9 Å². The van der Waals surface area contributed by atoms with E-state index in [-0.39, 0.29) is 5.56 Å². The van der Waals surface area contributed by atoms with Gasteiger partial charge in [-0.25, -0.2) is 4.39 Å². The molecule has 0 heterocycles. The predicted molar refractivity (Wildman–Crippen MR) is 80.2 cm³/mol. The van der Waals surface area contributed by atoms with E-state index in [1.54, 1.807) is 30.3 Å². The first-order chi connectivity index (χ1) is 9.97. The number of hydrogen-bond acceptors (Lipinski definition) is 2. The lowest BCUT2D eigenvalue weighted by Gasteiger charge is -2.08. The molecule has 0 aromatic heterocycles. The summed E-state index contributed by atoms with van der Waals surface area (Å²) in [7, 11) is 0. The van der Waals surface area contributed by atoms with Gasteiger partial charge in [0.15, 0.2) is 0 Å². The fourth-order valence-corrected chi connectivity index (χ4v) is 1.96. The van der Waals surface area contributed by atoms with Crippen molar-refractivity contribution in [3.8, 4) is 0 Å². The molecule has 4 nitrogen and oxygen atoms in total. The third-order valence-corrected chi connectivity index (χ3v) is 3.27. The second-order valence-electron chi connectivity index (χ2n) is 4.40. The van der Waals surface area contributed by atoms with Gasteiger partial charge in [0.2, 0.25) is 0 Å². The minimum atomic E-state index is -0.722. The molecule has 0 spiro atoms. The van der Waals surface area contributed by atoms with Gasteiger partial charge in [-0.2, -0.15) is 0 Å². The molecule has 0 aliphatic carbocycles. The second-order valence-corrected chi connectivity index (χ2v) is 5.31. The van der Waals surface area contributed by atoms with E-state index in [9.17, 15) is 14.0 Å². The minimum Gasteiger partial charge on any atom is -0.267 e. The summed E-state index contributed by atoms with van der Waals surface area (Å²) in [5.74, 6) is -1.87. The van der Waals surface area contributed by atoms with Crippen molar-refractivity contribution in [2.45, 2.75) is 6.92 Å². The van der Waals surface area contributed by atoms with Gasteiger partial charge in [0.1, 0.15) is 5.82 Å². The molecule has 2 aromatic carbocycles. The Labute approximate surface area is 129 Å². The number of carbonyl (C=O) groups is 2. The summed E-state index contributed by atoms with van der Waals surface area (Å²) in [5.41, 5.74) is 5.69. The van der Waals surface area contributed by atoms with Crippen LogP contribution in [0.3, 0.4) is 0 Å². The highest BCUT2D eigenvalue weighted by molar-refractivity contribution is 9.10. The molecule has 0 atom stereocenters. The molecule has 2 rings (SSSR count). The Hall–Kier alpha value is -2.21. The van der Waals surface area contributed by atoms with E-state index in [0.717, 1.165) is 5.56 Å². The molecule has 0 radical (unpaired) electrons. The van der Waals surface area contributed by atoms with Crippen molar-refractivity contribution in [3.63, 3.8) is 0 Å². The van der Waals surface area contributed by atoms with Crippen LogP contribution < -0.4 is 10.9 Å². The van der Waals surface area contributed by atoms with Gasteiger partial charge in [-0.15, -0.1) is 0 Å². The first kappa shape index (κ1) is 15.2. The van der Waals surface area contributed by atoms with E-state index in [1.165, 1.54) is 12.1 Å². The van der Waals surface area contributed by atoms with Crippen molar-refractivity contribution >= 4 is 27.7 Å². The quantitative estimate of drug-likeness (QED) is 0.818. The van der Waals surface area contributed by atoms with Crippen LogP contribution in [-0.2, 0) is 0 Å². The maximum Gasteiger partial charge on any atom is 0.272 e. The van der Waals surface area contributed by atoms with Crippen molar-refractivity contribution in [2.75, 3.05) is 0 Å². The number of hydrogen-bond donors (Lipinski definition) is 2. The number of carbonyl (C=O) groups excluding carboxylic acids is 2. The van der Waals surface area contributed by atoms with E-state index in [2.05, 4.69) is 26.8 Å². The second kappa shape index (κ2) is 6.49. The van der Waals surface area contributed by atoms with Crippen LogP contribution in [-0.4, -0.2) is 11.8 Å². The number of aryl methyl sites for hydroxylation is 1. The Kier molecular flexibility index (Phi) is 4.70. The van der Waals surface area contributed by atoms with Crippen molar-refractivity contribution in [1.29, 1.82) is 0 Å². The standard InChI is InChI=1S/C15H12BrFN2O2/c1-9-2-4-10(5-3-9)14(20)18-19-15(21)12-7-6-11(16)8-13(12)17/h2-8H,1H3,(H,18,20)(H,19,21). The van der Waals surface area contributed by atoms with Crippen molar-refractivity contribution in [1.82, 2.24) is 10.9 Å². The lowest BCUT2D eigenvalue weighted by atomic mass is 10.1. The third-order valence-electron chi connectivity index (χ3n) is 2.78. The van der Waals surface area contributed by atoms with Gasteiger partial charge in [-0.05, 0) is 37.3 Å². The normalized spacial score (nSPS) is 10.0. The highest BCUT2D eigenvalue weighted by Crippen LogP contribution is 2.14. The van der Waals surface area contributed by atoms with Gasteiger partial charge in [0.05, 0.1) is 5.56 Å². The summed E-state index contributed by atoms with van der Waals surface area (Å²) in [6.07, 6.45) is 0. The maximum atomic E-state index is 13.6. The number of nitrogens with one attached hydrogen (secondary N) is 2. The number of halogens is 2. The first-order valence-corrected chi connectivity index (χ1v) is 6.89. The van der Waals surface area contributed by atoms with Crippen molar-refractivity contribution in [3.05, 3.63) is 69.4 Å². The fourth-order valence-electron chi connectivity index (χ4n) is 1.63. The van der Waals surface area contributed by atoms with E-state index < -0.39 is 17.6 Å². The minimum absolute atomic E-state index is 0.151. The highest BCUT2D eigenvalue weighted by Gasteiger charge is 2.13. The smallest absolute Gasteiger partial charge is 0.267 e. The van der Waals surface area contributed by atoms with Gasteiger partial charge in [-0.1, -0.05) is 33.6 Å². The number of benzene rings is 2. The van der Waals surface area contributed by atoms with Gasteiger partial charge >= 0.3 is 0 Å². The zero-order valence-corrected chi connectivity index (χ0v) is 12.7. The molecule has 2 aromatic rings. The van der Waals surface area contributed by atoms with Crippen LogP contribution in [0.2, 0.25) is 0 Å². The van der Waals surface area contributed by atoms with Gasteiger partial charge in [0, 0.05) is 10.0 Å². The molecular weight excluding hydrogens is 339 g/mol. The predicted octanol–water partition coefficient (Wildman–Crippen LogP) is 2.97. The number of amides is 2. The van der Waals surface area contributed by atoms with Crippen molar-refractivity contribution < 1.29 is 14.0 Å². The molecule has 21 heavy (non-hydrogen) atoms. The summed E-state index contributed by atoms with van der Waals surface area (Å²) >= 11 is 3.10. The van der Waals surface area contributed by atoms with E-state index in [4.69, 9.17) is 0 Å². The average molecular weight is 351 g/mol. The van der Waals surface area contributed by atoms with Gasteiger partial charge < -0.3 is 0 Å². The molecule has 0 aliphatic heterocycles. The Morgan fingerprint density at radius 3 is 2.24 bits per heavy atom. The molecule has 0 aliphatic rings. The van der Waals surface area contributed by atoms with E-state index in [1.807, 2.05) is 6.92 Å². The summed E-state index contributed by atoms with van der Waals surface area (Å²) in [6.45, 7) is 1.90. The van der Waals surface area contributed by atoms with Gasteiger partial charge in [-0.3, -0.25) is 20.4 Å². The van der Waals surface area contributed by atoms with Crippen LogP contribution >= 0.6 is 15.9 Å². The zero-order valence-electron chi connectivity index (χ0n) is 11.1. The molecular formula is C15H12BrFN2O2. The van der Waals surface area contributed by atoms with Gasteiger partial charge in [0.25, 0.3) is 11.8 Å². The molecule has 108 valence electrons. The van der Waals surface area contributed by atoms with Crippen molar-refractivity contribution in [2.24, 2.45) is 0 Å². The molecule has 0 saturated carbocycles. The molecule has 6 heteroatoms. The summed E-state index contributed by atoms with van der Waals surface area (Å²) in [5, 5.41) is 0. The van der Waals surface area contributed by atoms with Crippen LogP contribution in [0.4, 0.5) is 4.39 Å². The Morgan fingerprint density at radius 1 is 1.00 bits per heavy atom. The van der Waals surface area contributed by atoms with E-state index in [0.29, 0.717) is 10.0 Å². The summed E-state index contributed by atoms with van der Waals surface area (Å²) < 4.78 is 14.1. The van der Waals surface area contributed by atoms with Crippen LogP contribution in [0, 0.1) is 12.7 Å². The number of hydrazine groups is 1. The fraction of sp³-hybridized carbons (Fsp3) is 0.0667. The molecule has 2 N–H and O–H groups in total. The molecule has 2 amide bonds. The number of rotatable bonds is 2. The SMILES string of the molecule is Cc1ccc(C(=O)NNC(=O)c2ccc(Br)cc2F)cc1. The lowest BCUT2D eigenvalue weighted by molar-refractivity contribution is 0.0844. The lowest BCUT2D eigenvalue weighted by Crippen LogP contribution is -2.41. The summed E-state index contributed by atoms with van der Waals surface area (Å²) in [6, 6.07) is 10.9. The monoisotopic (exact) mass is 350 g/mol.